The van der Waals surface area contributed by atoms with Crippen molar-refractivity contribution < 1.29 is 9.59 Å². The maximum atomic E-state index is 12.3. The van der Waals surface area contributed by atoms with Gasteiger partial charge in [0.2, 0.25) is 0 Å². The van der Waals surface area contributed by atoms with Crippen LogP contribution in [0.1, 0.15) is 27.4 Å². The molecule has 1 aliphatic heterocycles. The molecule has 0 bridgehead atoms. The summed E-state index contributed by atoms with van der Waals surface area (Å²) in [6, 6.07) is 5.02. The van der Waals surface area contributed by atoms with Gasteiger partial charge in [0, 0.05) is 25.3 Å². The molecule has 2 aromatic heterocycles. The van der Waals surface area contributed by atoms with Crippen molar-refractivity contribution in [3.8, 4) is 0 Å². The van der Waals surface area contributed by atoms with Gasteiger partial charge in [0.1, 0.15) is 17.0 Å². The molecule has 7 nitrogen and oxygen atoms in total. The molecule has 2 amide bonds. The van der Waals surface area contributed by atoms with Crippen LogP contribution in [0.5, 0.6) is 0 Å². The fourth-order valence-corrected chi connectivity index (χ4v) is 2.45. The van der Waals surface area contributed by atoms with Gasteiger partial charge in [-0.25, -0.2) is 4.98 Å². The van der Waals surface area contributed by atoms with E-state index in [0.29, 0.717) is 30.1 Å². The smallest absolute Gasteiger partial charge is 0.274 e. The lowest BCUT2D eigenvalue weighted by atomic mass is 10.3. The number of nitrogens with two attached hydrogens (primary N) is 2. The Bertz CT molecular complexity index is 693. The monoisotopic (exact) mass is 273 g/mol. The number of fused-ring (bicyclic) bond motifs is 1. The largest absolute Gasteiger partial charge is 0.364 e. The Kier molecular flexibility index (Phi) is 2.90. The van der Waals surface area contributed by atoms with Crippen LogP contribution in [0.2, 0.25) is 0 Å². The van der Waals surface area contributed by atoms with Crippen molar-refractivity contribution in [3.63, 3.8) is 0 Å². The molecule has 1 atom stereocenters. The molecule has 0 radical (unpaired) electrons. The molecule has 3 heterocycles. The summed E-state index contributed by atoms with van der Waals surface area (Å²) in [5, 5.41) is 0. The van der Waals surface area contributed by atoms with Crippen LogP contribution in [0.25, 0.3) is 5.65 Å². The predicted molar refractivity (Wildman–Crippen MR) is 72.2 cm³/mol. The zero-order valence-corrected chi connectivity index (χ0v) is 10.8. The van der Waals surface area contributed by atoms with Crippen LogP contribution in [0.15, 0.2) is 24.4 Å². The minimum atomic E-state index is -0.560. The van der Waals surface area contributed by atoms with Gasteiger partial charge in [0.25, 0.3) is 11.8 Å². The minimum Gasteiger partial charge on any atom is -0.364 e. The normalized spacial score (nSPS) is 18.6. The molecular formula is C13H15N5O2. The summed E-state index contributed by atoms with van der Waals surface area (Å²) in [5.74, 6) is -0.729. The summed E-state index contributed by atoms with van der Waals surface area (Å²) in [4.78, 5) is 29.6. The summed E-state index contributed by atoms with van der Waals surface area (Å²) in [6.07, 6.45) is 2.34. The van der Waals surface area contributed by atoms with Gasteiger partial charge in [-0.05, 0) is 18.6 Å². The van der Waals surface area contributed by atoms with Crippen LogP contribution >= 0.6 is 0 Å². The maximum absolute atomic E-state index is 12.3. The van der Waals surface area contributed by atoms with Gasteiger partial charge in [-0.1, -0.05) is 6.07 Å². The van der Waals surface area contributed by atoms with Gasteiger partial charge in [0.15, 0.2) is 0 Å². The van der Waals surface area contributed by atoms with E-state index < -0.39 is 5.91 Å². The number of rotatable bonds is 2. The van der Waals surface area contributed by atoms with Crippen LogP contribution in [0.3, 0.4) is 0 Å². The fraction of sp³-hybridized carbons (Fsp3) is 0.308. The number of aromatic nitrogens is 2. The highest BCUT2D eigenvalue weighted by molar-refractivity contribution is 5.95. The van der Waals surface area contributed by atoms with Crippen molar-refractivity contribution >= 4 is 17.5 Å². The van der Waals surface area contributed by atoms with E-state index in [4.69, 9.17) is 11.5 Å². The van der Waals surface area contributed by atoms with Crippen molar-refractivity contribution in [2.75, 3.05) is 13.1 Å². The average Bonchev–Trinajstić information content (AvgIpc) is 3.02. The first-order valence-electron chi connectivity index (χ1n) is 6.39. The van der Waals surface area contributed by atoms with Gasteiger partial charge >= 0.3 is 0 Å². The molecule has 0 aromatic carbocycles. The Hall–Kier alpha value is -2.41. The lowest BCUT2D eigenvalue weighted by molar-refractivity contribution is 0.0785. The first-order valence-corrected chi connectivity index (χ1v) is 6.39. The van der Waals surface area contributed by atoms with Crippen molar-refractivity contribution in [1.29, 1.82) is 0 Å². The zero-order chi connectivity index (χ0) is 14.3. The highest BCUT2D eigenvalue weighted by Gasteiger charge is 2.26. The molecule has 3 rings (SSSR count). The Labute approximate surface area is 115 Å². The lowest BCUT2D eigenvalue weighted by Crippen LogP contribution is -2.32. The van der Waals surface area contributed by atoms with E-state index in [0.717, 1.165) is 6.42 Å². The molecular weight excluding hydrogens is 258 g/mol. The number of primary amides is 1. The van der Waals surface area contributed by atoms with E-state index in [1.807, 2.05) is 0 Å². The van der Waals surface area contributed by atoms with Crippen molar-refractivity contribution in [3.05, 3.63) is 35.8 Å². The topological polar surface area (TPSA) is 107 Å². The van der Waals surface area contributed by atoms with Gasteiger partial charge in [-0.3, -0.25) is 14.0 Å². The van der Waals surface area contributed by atoms with Crippen LogP contribution in [-0.4, -0.2) is 45.2 Å². The zero-order valence-electron chi connectivity index (χ0n) is 10.8. The number of nitrogens with zero attached hydrogens (tertiary/aromatic N) is 3. The number of likely N-dealkylation sites (tertiary alicyclic amines) is 1. The van der Waals surface area contributed by atoms with E-state index in [-0.39, 0.29) is 11.9 Å². The minimum absolute atomic E-state index is 0.0251. The molecule has 2 aromatic rings. The van der Waals surface area contributed by atoms with Gasteiger partial charge in [0.05, 0.1) is 0 Å². The quantitative estimate of drug-likeness (QED) is 0.776. The number of hydrogen-bond acceptors (Lipinski definition) is 4. The highest BCUT2D eigenvalue weighted by Crippen LogP contribution is 2.14. The number of hydrogen-bond donors (Lipinski definition) is 2. The van der Waals surface area contributed by atoms with Crippen molar-refractivity contribution in [2.24, 2.45) is 11.5 Å². The van der Waals surface area contributed by atoms with Crippen LogP contribution in [-0.2, 0) is 0 Å². The predicted octanol–water partition coefficient (Wildman–Crippen LogP) is -0.394. The standard InChI is InChI=1S/C13H15N5O2/c14-8-4-5-17(6-8)13(20)9-7-18-10(12(15)19)2-1-3-11(18)16-9/h1-3,7-8H,4-6,14H2,(H2,15,19)/t8-/m0/s1. The first kappa shape index (κ1) is 12.6. The molecule has 4 N–H and O–H groups in total. The number of amides is 2. The van der Waals surface area contributed by atoms with E-state index in [1.165, 1.54) is 4.40 Å². The average molecular weight is 273 g/mol. The summed E-state index contributed by atoms with van der Waals surface area (Å²) < 4.78 is 1.53. The second-order valence-corrected chi connectivity index (χ2v) is 4.93. The Morgan fingerprint density at radius 3 is 2.80 bits per heavy atom. The second-order valence-electron chi connectivity index (χ2n) is 4.93. The third kappa shape index (κ3) is 2.01. The lowest BCUT2D eigenvalue weighted by Gasteiger charge is -2.13. The maximum Gasteiger partial charge on any atom is 0.274 e. The number of imidazole rings is 1. The molecule has 0 aliphatic carbocycles. The summed E-state index contributed by atoms with van der Waals surface area (Å²) in [7, 11) is 0. The van der Waals surface area contributed by atoms with Crippen molar-refractivity contribution in [2.45, 2.75) is 12.5 Å². The molecule has 20 heavy (non-hydrogen) atoms. The Balaban J connectivity index is 1.99. The number of pyridine rings is 1. The van der Waals surface area contributed by atoms with Crippen LogP contribution < -0.4 is 11.5 Å². The van der Waals surface area contributed by atoms with Crippen molar-refractivity contribution in [1.82, 2.24) is 14.3 Å². The highest BCUT2D eigenvalue weighted by atomic mass is 16.2. The summed E-state index contributed by atoms with van der Waals surface area (Å²) >= 11 is 0. The molecule has 0 unspecified atom stereocenters. The first-order chi connectivity index (χ1) is 9.56. The SMILES string of the molecule is NC(=O)c1cccc2nc(C(=O)N3CC[C@H](N)C3)cn12. The van der Waals surface area contributed by atoms with Gasteiger partial charge in [-0.2, -0.15) is 0 Å². The third-order valence-corrected chi connectivity index (χ3v) is 3.48. The van der Waals surface area contributed by atoms with E-state index in [1.54, 1.807) is 29.3 Å². The summed E-state index contributed by atoms with van der Waals surface area (Å²) in [5.41, 5.74) is 12.2. The molecule has 0 saturated carbocycles. The van der Waals surface area contributed by atoms with E-state index in [9.17, 15) is 9.59 Å². The molecule has 0 spiro atoms. The fourth-order valence-electron chi connectivity index (χ4n) is 2.45. The van der Waals surface area contributed by atoms with Crippen LogP contribution in [0, 0.1) is 0 Å². The number of carbonyl (C=O) groups is 2. The van der Waals surface area contributed by atoms with E-state index >= 15 is 0 Å². The molecule has 104 valence electrons. The van der Waals surface area contributed by atoms with Gasteiger partial charge in [-0.15, -0.1) is 0 Å². The van der Waals surface area contributed by atoms with Gasteiger partial charge < -0.3 is 16.4 Å². The number of carbonyl (C=O) groups excluding carboxylic acids is 2. The summed E-state index contributed by atoms with van der Waals surface area (Å²) in [6.45, 7) is 1.17. The second kappa shape index (κ2) is 4.61. The molecule has 1 fully saturated rings. The molecule has 7 heteroatoms. The Morgan fingerprint density at radius 2 is 2.15 bits per heavy atom. The Morgan fingerprint density at radius 1 is 1.35 bits per heavy atom. The molecule has 1 saturated heterocycles. The van der Waals surface area contributed by atoms with E-state index in [2.05, 4.69) is 4.98 Å². The molecule has 1 aliphatic rings. The third-order valence-electron chi connectivity index (χ3n) is 3.48. The van der Waals surface area contributed by atoms with Crippen LogP contribution in [0.4, 0.5) is 0 Å².